The van der Waals surface area contributed by atoms with Crippen molar-refractivity contribution in [3.8, 4) is 0 Å². The molecule has 0 saturated heterocycles. The van der Waals surface area contributed by atoms with Crippen molar-refractivity contribution in [3.05, 3.63) is 0 Å². The first-order chi connectivity index (χ1) is 6.09. The third kappa shape index (κ3) is 3.05. The summed E-state index contributed by atoms with van der Waals surface area (Å²) in [6.07, 6.45) is 2.25. The van der Waals surface area contributed by atoms with Gasteiger partial charge < -0.3 is 10.6 Å². The molecular weight excluding hydrogens is 168 g/mol. The standard InChI is InChI=1S/C9H16N2O2/c1-6-3-4-8(6)11-9(13)5-10-7(2)12/h6,8H,3-5H2,1-2H3,(H,10,12)(H,11,13). The molecule has 0 aromatic rings. The van der Waals surface area contributed by atoms with Gasteiger partial charge in [0.1, 0.15) is 0 Å². The Balaban J connectivity index is 2.14. The van der Waals surface area contributed by atoms with Crippen LogP contribution in [0, 0.1) is 5.92 Å². The van der Waals surface area contributed by atoms with Gasteiger partial charge in [0.25, 0.3) is 0 Å². The molecule has 0 heterocycles. The summed E-state index contributed by atoms with van der Waals surface area (Å²) in [6.45, 7) is 3.62. The molecule has 1 rings (SSSR count). The monoisotopic (exact) mass is 184 g/mol. The van der Waals surface area contributed by atoms with Gasteiger partial charge in [0.15, 0.2) is 0 Å². The Morgan fingerprint density at radius 1 is 1.38 bits per heavy atom. The molecule has 2 N–H and O–H groups in total. The number of hydrogen-bond acceptors (Lipinski definition) is 2. The van der Waals surface area contributed by atoms with Crippen LogP contribution in [0.3, 0.4) is 0 Å². The third-order valence-corrected chi connectivity index (χ3v) is 2.46. The topological polar surface area (TPSA) is 58.2 Å². The van der Waals surface area contributed by atoms with Crippen molar-refractivity contribution in [2.45, 2.75) is 32.7 Å². The van der Waals surface area contributed by atoms with E-state index in [4.69, 9.17) is 0 Å². The zero-order chi connectivity index (χ0) is 9.84. The van der Waals surface area contributed by atoms with Crippen LogP contribution in [0.15, 0.2) is 0 Å². The summed E-state index contributed by atoms with van der Waals surface area (Å²) in [5.74, 6) is 0.324. The van der Waals surface area contributed by atoms with E-state index in [0.717, 1.165) is 6.42 Å². The normalized spacial score (nSPS) is 26.0. The second-order valence-electron chi connectivity index (χ2n) is 3.64. The second kappa shape index (κ2) is 4.25. The minimum Gasteiger partial charge on any atom is -0.352 e. The van der Waals surface area contributed by atoms with E-state index < -0.39 is 0 Å². The highest BCUT2D eigenvalue weighted by atomic mass is 16.2. The van der Waals surface area contributed by atoms with Crippen molar-refractivity contribution >= 4 is 11.8 Å². The van der Waals surface area contributed by atoms with Crippen LogP contribution in [-0.4, -0.2) is 24.4 Å². The fourth-order valence-electron chi connectivity index (χ4n) is 1.34. The Hall–Kier alpha value is -1.06. The van der Waals surface area contributed by atoms with Gasteiger partial charge in [-0.3, -0.25) is 9.59 Å². The van der Waals surface area contributed by atoms with Crippen LogP contribution in [0.25, 0.3) is 0 Å². The zero-order valence-electron chi connectivity index (χ0n) is 8.09. The molecule has 4 heteroatoms. The van der Waals surface area contributed by atoms with Gasteiger partial charge in [-0.1, -0.05) is 6.92 Å². The SMILES string of the molecule is CC(=O)NCC(=O)NC1CCC1C. The van der Waals surface area contributed by atoms with Crippen molar-refractivity contribution in [2.75, 3.05) is 6.54 Å². The number of carbonyl (C=O) groups is 2. The molecule has 0 aromatic heterocycles. The molecule has 4 nitrogen and oxygen atoms in total. The van der Waals surface area contributed by atoms with Crippen molar-refractivity contribution in [3.63, 3.8) is 0 Å². The Labute approximate surface area is 78.1 Å². The molecule has 0 aliphatic heterocycles. The van der Waals surface area contributed by atoms with Crippen molar-refractivity contribution in [1.82, 2.24) is 10.6 Å². The molecule has 2 atom stereocenters. The number of amides is 2. The molecule has 0 spiro atoms. The Morgan fingerprint density at radius 3 is 2.46 bits per heavy atom. The third-order valence-electron chi connectivity index (χ3n) is 2.46. The van der Waals surface area contributed by atoms with E-state index in [9.17, 15) is 9.59 Å². The smallest absolute Gasteiger partial charge is 0.239 e. The predicted molar refractivity (Wildman–Crippen MR) is 49.0 cm³/mol. The molecule has 1 saturated carbocycles. The maximum Gasteiger partial charge on any atom is 0.239 e. The second-order valence-corrected chi connectivity index (χ2v) is 3.64. The van der Waals surface area contributed by atoms with Crippen LogP contribution in [0.4, 0.5) is 0 Å². The van der Waals surface area contributed by atoms with E-state index in [0.29, 0.717) is 12.0 Å². The summed E-state index contributed by atoms with van der Waals surface area (Å²) < 4.78 is 0. The number of nitrogens with one attached hydrogen (secondary N) is 2. The molecule has 74 valence electrons. The lowest BCUT2D eigenvalue weighted by atomic mass is 9.81. The summed E-state index contributed by atoms with van der Waals surface area (Å²) in [5.41, 5.74) is 0. The van der Waals surface area contributed by atoms with Gasteiger partial charge in [0.2, 0.25) is 11.8 Å². The van der Waals surface area contributed by atoms with Crippen LogP contribution < -0.4 is 10.6 Å². The molecule has 1 aliphatic rings. The first-order valence-electron chi connectivity index (χ1n) is 4.63. The van der Waals surface area contributed by atoms with Crippen molar-refractivity contribution in [2.24, 2.45) is 5.92 Å². The zero-order valence-corrected chi connectivity index (χ0v) is 8.09. The first-order valence-corrected chi connectivity index (χ1v) is 4.63. The maximum atomic E-state index is 11.2. The van der Waals surface area contributed by atoms with Crippen LogP contribution >= 0.6 is 0 Å². The lowest BCUT2D eigenvalue weighted by Gasteiger charge is -2.34. The molecule has 0 bridgehead atoms. The van der Waals surface area contributed by atoms with E-state index in [-0.39, 0.29) is 18.4 Å². The fraction of sp³-hybridized carbons (Fsp3) is 0.778. The predicted octanol–water partition coefficient (Wildman–Crippen LogP) is 0.0372. The van der Waals surface area contributed by atoms with Crippen molar-refractivity contribution in [1.29, 1.82) is 0 Å². The molecule has 13 heavy (non-hydrogen) atoms. The molecule has 0 aromatic carbocycles. The summed E-state index contributed by atoms with van der Waals surface area (Å²) >= 11 is 0. The largest absolute Gasteiger partial charge is 0.352 e. The molecule has 0 radical (unpaired) electrons. The van der Waals surface area contributed by atoms with E-state index in [1.807, 2.05) is 0 Å². The molecule has 2 amide bonds. The molecule has 1 aliphatic carbocycles. The van der Waals surface area contributed by atoms with Crippen LogP contribution in [0.2, 0.25) is 0 Å². The molecular formula is C9H16N2O2. The summed E-state index contributed by atoms with van der Waals surface area (Å²) in [4.78, 5) is 21.7. The average molecular weight is 184 g/mol. The van der Waals surface area contributed by atoms with Crippen LogP contribution in [0.1, 0.15) is 26.7 Å². The van der Waals surface area contributed by atoms with E-state index in [1.165, 1.54) is 13.3 Å². The first kappa shape index (κ1) is 10.0. The summed E-state index contributed by atoms with van der Waals surface area (Å²) in [5, 5.41) is 5.33. The lowest BCUT2D eigenvalue weighted by molar-refractivity contribution is -0.126. The van der Waals surface area contributed by atoms with Gasteiger partial charge in [0.05, 0.1) is 6.54 Å². The number of hydrogen-bond donors (Lipinski definition) is 2. The van der Waals surface area contributed by atoms with E-state index in [1.54, 1.807) is 0 Å². The number of rotatable bonds is 3. The van der Waals surface area contributed by atoms with Gasteiger partial charge in [-0.25, -0.2) is 0 Å². The summed E-state index contributed by atoms with van der Waals surface area (Å²) in [6, 6.07) is 0.321. The van der Waals surface area contributed by atoms with Crippen LogP contribution in [0.5, 0.6) is 0 Å². The van der Waals surface area contributed by atoms with Gasteiger partial charge in [-0.05, 0) is 18.8 Å². The fourth-order valence-corrected chi connectivity index (χ4v) is 1.34. The van der Waals surface area contributed by atoms with Crippen LogP contribution in [-0.2, 0) is 9.59 Å². The lowest BCUT2D eigenvalue weighted by Crippen LogP contribution is -2.48. The van der Waals surface area contributed by atoms with Gasteiger partial charge in [-0.15, -0.1) is 0 Å². The Kier molecular flexibility index (Phi) is 3.28. The van der Waals surface area contributed by atoms with Gasteiger partial charge in [0, 0.05) is 13.0 Å². The minimum atomic E-state index is -0.170. The van der Waals surface area contributed by atoms with Gasteiger partial charge >= 0.3 is 0 Å². The number of carbonyl (C=O) groups excluding carboxylic acids is 2. The Morgan fingerprint density at radius 2 is 2.08 bits per heavy atom. The maximum absolute atomic E-state index is 11.2. The Bertz CT molecular complexity index is 216. The highest BCUT2D eigenvalue weighted by Gasteiger charge is 2.27. The summed E-state index contributed by atoms with van der Waals surface area (Å²) in [7, 11) is 0. The van der Waals surface area contributed by atoms with Crippen molar-refractivity contribution < 1.29 is 9.59 Å². The highest BCUT2D eigenvalue weighted by Crippen LogP contribution is 2.25. The van der Waals surface area contributed by atoms with E-state index in [2.05, 4.69) is 17.6 Å². The molecule has 1 fully saturated rings. The average Bonchev–Trinajstić information content (AvgIpc) is 2.08. The highest BCUT2D eigenvalue weighted by molar-refractivity contribution is 5.83. The quantitative estimate of drug-likeness (QED) is 0.650. The molecule has 2 unspecified atom stereocenters. The minimum absolute atomic E-state index is 0.0910. The van der Waals surface area contributed by atoms with E-state index >= 15 is 0 Å². The van der Waals surface area contributed by atoms with Gasteiger partial charge in [-0.2, -0.15) is 0 Å².